The largest absolute Gasteiger partial charge is 0.485 e. The van der Waals surface area contributed by atoms with Gasteiger partial charge in [0.2, 0.25) is 5.91 Å². The summed E-state index contributed by atoms with van der Waals surface area (Å²) in [4.78, 5) is 12.1. The summed E-state index contributed by atoms with van der Waals surface area (Å²) in [6.07, 6.45) is 0.822. The van der Waals surface area contributed by atoms with E-state index in [-0.39, 0.29) is 5.91 Å². The Bertz CT molecular complexity index is 928. The van der Waals surface area contributed by atoms with Crippen molar-refractivity contribution in [3.8, 4) is 5.75 Å². The number of hydrogen-bond donors (Lipinski definition) is 1. The molecule has 7 heteroatoms. The number of carbonyl (C=O) groups excluding carboxylic acids is 1. The third-order valence-corrected chi connectivity index (χ3v) is 5.44. The van der Waals surface area contributed by atoms with Gasteiger partial charge < -0.3 is 14.6 Å². The van der Waals surface area contributed by atoms with Gasteiger partial charge in [-0.05, 0) is 37.5 Å². The number of amides is 1. The van der Waals surface area contributed by atoms with Crippen molar-refractivity contribution in [3.63, 3.8) is 0 Å². The fraction of sp³-hybridized carbons (Fsp3) is 0.318. The number of aromatic nitrogens is 3. The first-order valence-electron chi connectivity index (χ1n) is 9.71. The Morgan fingerprint density at radius 3 is 2.62 bits per heavy atom. The highest BCUT2D eigenvalue weighted by atomic mass is 32.2. The summed E-state index contributed by atoms with van der Waals surface area (Å²) in [5, 5.41) is 12.2. The van der Waals surface area contributed by atoms with E-state index in [4.69, 9.17) is 4.74 Å². The number of para-hydroxylation sites is 1. The van der Waals surface area contributed by atoms with Gasteiger partial charge in [-0.25, -0.2) is 0 Å². The minimum absolute atomic E-state index is 0.00528. The van der Waals surface area contributed by atoms with E-state index in [0.717, 1.165) is 35.3 Å². The SMILES string of the molecule is CCn1c(COc2ccccc2C)nnc1SCC(=O)NCCc1ccccc1. The molecular weight excluding hydrogens is 384 g/mol. The number of nitrogens with one attached hydrogen (secondary N) is 1. The van der Waals surface area contributed by atoms with Crippen molar-refractivity contribution in [2.24, 2.45) is 0 Å². The molecule has 152 valence electrons. The summed E-state index contributed by atoms with van der Waals surface area (Å²) in [5.41, 5.74) is 2.29. The smallest absolute Gasteiger partial charge is 0.230 e. The van der Waals surface area contributed by atoms with Gasteiger partial charge in [0.15, 0.2) is 11.0 Å². The first kappa shape index (κ1) is 20.9. The van der Waals surface area contributed by atoms with Gasteiger partial charge in [-0.2, -0.15) is 0 Å². The molecule has 0 aliphatic rings. The van der Waals surface area contributed by atoms with Crippen LogP contribution in [0.3, 0.4) is 0 Å². The molecule has 0 saturated carbocycles. The van der Waals surface area contributed by atoms with Gasteiger partial charge >= 0.3 is 0 Å². The van der Waals surface area contributed by atoms with Crippen molar-refractivity contribution < 1.29 is 9.53 Å². The van der Waals surface area contributed by atoms with Crippen LogP contribution in [0.4, 0.5) is 0 Å². The maximum atomic E-state index is 12.1. The predicted octanol–water partition coefficient (Wildman–Crippen LogP) is 3.64. The first-order chi connectivity index (χ1) is 14.2. The van der Waals surface area contributed by atoms with Crippen LogP contribution in [0.25, 0.3) is 0 Å². The van der Waals surface area contributed by atoms with Crippen molar-refractivity contribution in [1.82, 2.24) is 20.1 Å². The topological polar surface area (TPSA) is 69.0 Å². The van der Waals surface area contributed by atoms with Crippen LogP contribution in [0.2, 0.25) is 0 Å². The molecule has 3 aromatic rings. The van der Waals surface area contributed by atoms with Crippen LogP contribution in [0, 0.1) is 6.92 Å². The van der Waals surface area contributed by atoms with Crippen molar-refractivity contribution >= 4 is 17.7 Å². The lowest BCUT2D eigenvalue weighted by Crippen LogP contribution is -2.27. The summed E-state index contributed by atoms with van der Waals surface area (Å²) in [5.74, 6) is 1.90. The predicted molar refractivity (Wildman–Crippen MR) is 115 cm³/mol. The third-order valence-electron chi connectivity index (χ3n) is 4.47. The lowest BCUT2D eigenvalue weighted by atomic mass is 10.1. The highest BCUT2D eigenvalue weighted by molar-refractivity contribution is 7.99. The van der Waals surface area contributed by atoms with Crippen molar-refractivity contribution in [3.05, 3.63) is 71.5 Å². The van der Waals surface area contributed by atoms with Crippen LogP contribution in [0.1, 0.15) is 23.9 Å². The standard InChI is InChI=1S/C22H26N4O2S/c1-3-26-20(15-28-19-12-8-7-9-17(19)2)24-25-22(26)29-16-21(27)23-14-13-18-10-5-4-6-11-18/h4-12H,3,13-16H2,1-2H3,(H,23,27). The third kappa shape index (κ3) is 6.09. The lowest BCUT2D eigenvalue weighted by molar-refractivity contribution is -0.118. The highest BCUT2D eigenvalue weighted by Crippen LogP contribution is 2.20. The zero-order chi connectivity index (χ0) is 20.5. The molecule has 29 heavy (non-hydrogen) atoms. The van der Waals surface area contributed by atoms with E-state index >= 15 is 0 Å². The monoisotopic (exact) mass is 410 g/mol. The Labute approximate surface area is 175 Å². The van der Waals surface area contributed by atoms with E-state index < -0.39 is 0 Å². The van der Waals surface area contributed by atoms with Crippen LogP contribution in [-0.4, -0.2) is 33.0 Å². The van der Waals surface area contributed by atoms with Gasteiger partial charge in [-0.15, -0.1) is 10.2 Å². The average molecular weight is 411 g/mol. The lowest BCUT2D eigenvalue weighted by Gasteiger charge is -2.10. The van der Waals surface area contributed by atoms with Gasteiger partial charge in [-0.3, -0.25) is 4.79 Å². The maximum Gasteiger partial charge on any atom is 0.230 e. The number of rotatable bonds is 10. The Hall–Kier alpha value is -2.80. The van der Waals surface area contributed by atoms with Gasteiger partial charge in [0.05, 0.1) is 5.75 Å². The summed E-state index contributed by atoms with van der Waals surface area (Å²) < 4.78 is 7.87. The Morgan fingerprint density at radius 1 is 1.10 bits per heavy atom. The van der Waals surface area contributed by atoms with E-state index in [9.17, 15) is 4.79 Å². The number of carbonyl (C=O) groups is 1. The van der Waals surface area contributed by atoms with Crippen LogP contribution < -0.4 is 10.1 Å². The molecule has 1 heterocycles. The second kappa shape index (κ2) is 10.7. The summed E-state index contributed by atoms with van der Waals surface area (Å²) in [7, 11) is 0. The number of benzene rings is 2. The maximum absolute atomic E-state index is 12.1. The van der Waals surface area contributed by atoms with Crippen LogP contribution in [-0.2, 0) is 24.4 Å². The van der Waals surface area contributed by atoms with Crippen LogP contribution in [0.5, 0.6) is 5.75 Å². The Morgan fingerprint density at radius 2 is 1.86 bits per heavy atom. The number of aryl methyl sites for hydroxylation is 1. The minimum atomic E-state index is -0.00528. The van der Waals surface area contributed by atoms with E-state index in [2.05, 4.69) is 27.6 Å². The zero-order valence-corrected chi connectivity index (χ0v) is 17.6. The van der Waals surface area contributed by atoms with Gasteiger partial charge in [-0.1, -0.05) is 60.3 Å². The fourth-order valence-electron chi connectivity index (χ4n) is 2.88. The molecule has 0 saturated heterocycles. The molecule has 0 spiro atoms. The molecule has 0 radical (unpaired) electrons. The fourth-order valence-corrected chi connectivity index (χ4v) is 3.73. The van der Waals surface area contributed by atoms with Crippen molar-refractivity contribution in [2.45, 2.75) is 38.6 Å². The first-order valence-corrected chi connectivity index (χ1v) is 10.7. The molecule has 0 fully saturated rings. The summed E-state index contributed by atoms with van der Waals surface area (Å²) in [6.45, 7) is 5.73. The number of hydrogen-bond acceptors (Lipinski definition) is 5. The normalized spacial score (nSPS) is 10.7. The number of thioether (sulfide) groups is 1. The van der Waals surface area contributed by atoms with Crippen LogP contribution >= 0.6 is 11.8 Å². The van der Waals surface area contributed by atoms with E-state index in [0.29, 0.717) is 18.9 Å². The molecule has 1 aromatic heterocycles. The van der Waals surface area contributed by atoms with E-state index in [1.807, 2.05) is 60.9 Å². The minimum Gasteiger partial charge on any atom is -0.485 e. The van der Waals surface area contributed by atoms with Crippen LogP contribution in [0.15, 0.2) is 59.8 Å². The molecule has 3 rings (SSSR count). The molecule has 1 N–H and O–H groups in total. The Kier molecular flexibility index (Phi) is 7.69. The van der Waals surface area contributed by atoms with Gasteiger partial charge in [0.1, 0.15) is 12.4 Å². The molecule has 1 amide bonds. The van der Waals surface area contributed by atoms with Crippen molar-refractivity contribution in [1.29, 1.82) is 0 Å². The summed E-state index contributed by atoms with van der Waals surface area (Å²) >= 11 is 1.39. The summed E-state index contributed by atoms with van der Waals surface area (Å²) in [6, 6.07) is 18.0. The average Bonchev–Trinajstić information content (AvgIpc) is 3.14. The van der Waals surface area contributed by atoms with Gasteiger partial charge in [0.25, 0.3) is 0 Å². The molecule has 6 nitrogen and oxygen atoms in total. The van der Waals surface area contributed by atoms with Crippen molar-refractivity contribution in [2.75, 3.05) is 12.3 Å². The molecule has 0 atom stereocenters. The van der Waals surface area contributed by atoms with E-state index in [1.54, 1.807) is 0 Å². The van der Waals surface area contributed by atoms with E-state index in [1.165, 1.54) is 17.3 Å². The molecule has 0 unspecified atom stereocenters. The highest BCUT2D eigenvalue weighted by Gasteiger charge is 2.14. The number of nitrogens with zero attached hydrogens (tertiary/aromatic N) is 3. The van der Waals surface area contributed by atoms with Gasteiger partial charge in [0, 0.05) is 13.1 Å². The molecule has 0 aliphatic carbocycles. The Balaban J connectivity index is 1.48. The molecular formula is C22H26N4O2S. The molecule has 0 bridgehead atoms. The number of ether oxygens (including phenoxy) is 1. The molecule has 2 aromatic carbocycles. The second-order valence-electron chi connectivity index (χ2n) is 6.57. The second-order valence-corrected chi connectivity index (χ2v) is 7.51. The zero-order valence-electron chi connectivity index (χ0n) is 16.8. The quantitative estimate of drug-likeness (QED) is 0.517. The molecule has 0 aliphatic heterocycles.